The Bertz CT molecular complexity index is 686. The van der Waals surface area contributed by atoms with Crippen LogP contribution in [0.2, 0.25) is 0 Å². The maximum atomic E-state index is 11.9. The van der Waals surface area contributed by atoms with Gasteiger partial charge in [0.05, 0.1) is 13.2 Å². The molecule has 4 amide bonds. The number of esters is 2. The zero-order valence-electron chi connectivity index (χ0n) is 15.9. The van der Waals surface area contributed by atoms with Gasteiger partial charge in [-0.15, -0.1) is 0 Å². The van der Waals surface area contributed by atoms with Crippen molar-refractivity contribution < 1.29 is 43.0 Å². The average Bonchev–Trinajstić information content (AvgIpc) is 3.20. The molecule has 2 atom stereocenters. The van der Waals surface area contributed by atoms with Crippen molar-refractivity contribution in [1.29, 1.82) is 0 Å². The Labute approximate surface area is 165 Å². The van der Waals surface area contributed by atoms with Gasteiger partial charge in [0, 0.05) is 24.3 Å². The van der Waals surface area contributed by atoms with Crippen molar-refractivity contribution in [3.63, 3.8) is 0 Å². The van der Waals surface area contributed by atoms with E-state index in [1.54, 1.807) is 0 Å². The summed E-state index contributed by atoms with van der Waals surface area (Å²) in [5, 5.41) is 0. The zero-order chi connectivity index (χ0) is 21.6. The predicted octanol–water partition coefficient (Wildman–Crippen LogP) is -1.28. The van der Waals surface area contributed by atoms with Gasteiger partial charge in [-0.25, -0.2) is 9.59 Å². The fraction of sp³-hybridized carbons (Fsp3) is 0.444. The number of amides is 4. The van der Waals surface area contributed by atoms with Crippen LogP contribution in [0.1, 0.15) is 13.8 Å². The van der Waals surface area contributed by atoms with Gasteiger partial charge >= 0.3 is 11.9 Å². The minimum atomic E-state index is -1.06. The maximum Gasteiger partial charge on any atom is 0.329 e. The summed E-state index contributed by atoms with van der Waals surface area (Å²) in [4.78, 5) is 71.3. The molecule has 2 rings (SSSR count). The van der Waals surface area contributed by atoms with E-state index in [-0.39, 0.29) is 26.4 Å². The maximum absolute atomic E-state index is 11.9. The Hall–Kier alpha value is -3.34. The highest BCUT2D eigenvalue weighted by Gasteiger charge is 2.34. The smallest absolute Gasteiger partial charge is 0.329 e. The summed E-state index contributed by atoms with van der Waals surface area (Å²) in [6.07, 6.45) is 4.29. The topological polar surface area (TPSA) is 137 Å². The lowest BCUT2D eigenvalue weighted by Crippen LogP contribution is -2.44. The number of carbonyl (C=O) groups is 6. The summed E-state index contributed by atoms with van der Waals surface area (Å²) in [5.41, 5.74) is 0. The van der Waals surface area contributed by atoms with Crippen molar-refractivity contribution in [2.75, 3.05) is 26.4 Å². The van der Waals surface area contributed by atoms with Crippen LogP contribution in [0.25, 0.3) is 0 Å². The summed E-state index contributed by atoms with van der Waals surface area (Å²) in [6.45, 7) is 2.49. The molecule has 156 valence electrons. The molecule has 0 aromatic heterocycles. The van der Waals surface area contributed by atoms with Crippen molar-refractivity contribution in [3.8, 4) is 0 Å². The summed E-state index contributed by atoms with van der Waals surface area (Å²) in [6, 6.07) is -2.11. The van der Waals surface area contributed by atoms with E-state index in [2.05, 4.69) is 0 Å². The van der Waals surface area contributed by atoms with Crippen LogP contribution in [0, 0.1) is 0 Å². The van der Waals surface area contributed by atoms with Gasteiger partial charge < -0.3 is 14.2 Å². The number of hydrogen-bond donors (Lipinski definition) is 0. The van der Waals surface area contributed by atoms with Crippen LogP contribution in [-0.2, 0) is 43.0 Å². The van der Waals surface area contributed by atoms with Gasteiger partial charge in [-0.05, 0) is 13.8 Å². The van der Waals surface area contributed by atoms with Gasteiger partial charge in [0.1, 0.15) is 25.3 Å². The second-order valence-corrected chi connectivity index (χ2v) is 6.06. The van der Waals surface area contributed by atoms with E-state index in [1.807, 2.05) is 0 Å². The molecule has 0 aliphatic carbocycles. The molecule has 2 unspecified atom stereocenters. The fourth-order valence-corrected chi connectivity index (χ4v) is 2.54. The van der Waals surface area contributed by atoms with Crippen LogP contribution in [0.3, 0.4) is 0 Å². The summed E-state index contributed by atoms with van der Waals surface area (Å²) in [7, 11) is 0. The van der Waals surface area contributed by atoms with Gasteiger partial charge in [0.2, 0.25) is 0 Å². The third-order valence-electron chi connectivity index (χ3n) is 4.09. The first-order valence-corrected chi connectivity index (χ1v) is 8.75. The molecule has 0 spiro atoms. The van der Waals surface area contributed by atoms with Gasteiger partial charge in [-0.3, -0.25) is 29.0 Å². The Morgan fingerprint density at radius 1 is 0.690 bits per heavy atom. The van der Waals surface area contributed by atoms with Crippen LogP contribution in [0.15, 0.2) is 24.3 Å². The minimum absolute atomic E-state index is 0.00127. The highest BCUT2D eigenvalue weighted by molar-refractivity contribution is 6.15. The molecule has 0 aromatic rings. The molecule has 2 heterocycles. The van der Waals surface area contributed by atoms with E-state index in [1.165, 1.54) is 13.8 Å². The molecule has 0 saturated heterocycles. The van der Waals surface area contributed by atoms with Crippen LogP contribution >= 0.6 is 0 Å². The van der Waals surface area contributed by atoms with E-state index >= 15 is 0 Å². The highest BCUT2D eigenvalue weighted by atomic mass is 16.6. The van der Waals surface area contributed by atoms with E-state index in [0.29, 0.717) is 0 Å². The first-order valence-electron chi connectivity index (χ1n) is 8.75. The molecule has 0 saturated carbocycles. The molecule has 2 aliphatic heterocycles. The number of rotatable bonds is 10. The van der Waals surface area contributed by atoms with Crippen LogP contribution in [0.4, 0.5) is 0 Å². The Morgan fingerprint density at radius 3 is 1.31 bits per heavy atom. The van der Waals surface area contributed by atoms with Crippen molar-refractivity contribution in [3.05, 3.63) is 24.3 Å². The van der Waals surface area contributed by atoms with Crippen molar-refractivity contribution in [1.82, 2.24) is 9.80 Å². The molecule has 0 aromatic carbocycles. The monoisotopic (exact) mass is 408 g/mol. The lowest BCUT2D eigenvalue weighted by molar-refractivity contribution is -0.159. The number of imide groups is 2. The largest absolute Gasteiger partial charge is 0.462 e. The third-order valence-corrected chi connectivity index (χ3v) is 4.09. The van der Waals surface area contributed by atoms with E-state index in [0.717, 1.165) is 34.1 Å². The zero-order valence-corrected chi connectivity index (χ0v) is 15.9. The molecule has 0 N–H and O–H groups in total. The van der Waals surface area contributed by atoms with Crippen LogP contribution < -0.4 is 0 Å². The number of ether oxygens (including phenoxy) is 3. The van der Waals surface area contributed by atoms with Gasteiger partial charge in [0.25, 0.3) is 23.6 Å². The number of carbonyl (C=O) groups excluding carboxylic acids is 6. The molecular weight excluding hydrogens is 388 g/mol. The van der Waals surface area contributed by atoms with Crippen molar-refractivity contribution >= 4 is 35.6 Å². The van der Waals surface area contributed by atoms with Crippen LogP contribution in [-0.4, -0.2) is 83.9 Å². The first-order chi connectivity index (χ1) is 13.7. The molecular formula is C18H20N2O9. The van der Waals surface area contributed by atoms with E-state index in [9.17, 15) is 28.8 Å². The predicted molar refractivity (Wildman–Crippen MR) is 93.6 cm³/mol. The number of hydrogen-bond acceptors (Lipinski definition) is 9. The fourth-order valence-electron chi connectivity index (χ4n) is 2.54. The second-order valence-electron chi connectivity index (χ2n) is 6.06. The van der Waals surface area contributed by atoms with Crippen LogP contribution in [0.5, 0.6) is 0 Å². The normalized spacial score (nSPS) is 17.9. The molecule has 0 radical (unpaired) electrons. The summed E-state index contributed by atoms with van der Waals surface area (Å²) < 4.78 is 15.0. The molecule has 0 fully saturated rings. The molecule has 2 aliphatic rings. The Balaban J connectivity index is 1.58. The van der Waals surface area contributed by atoms with Crippen molar-refractivity contribution in [2.24, 2.45) is 0 Å². The molecule has 11 nitrogen and oxygen atoms in total. The minimum Gasteiger partial charge on any atom is -0.462 e. The molecule has 29 heavy (non-hydrogen) atoms. The summed E-state index contributed by atoms with van der Waals surface area (Å²) >= 11 is 0. The summed E-state index contributed by atoms with van der Waals surface area (Å²) in [5.74, 6) is -3.85. The second kappa shape index (κ2) is 9.73. The Morgan fingerprint density at radius 2 is 1.00 bits per heavy atom. The van der Waals surface area contributed by atoms with E-state index < -0.39 is 47.7 Å². The first kappa shape index (κ1) is 22.0. The van der Waals surface area contributed by atoms with E-state index in [4.69, 9.17) is 14.2 Å². The number of nitrogens with zero attached hydrogens (tertiary/aromatic N) is 2. The van der Waals surface area contributed by atoms with Gasteiger partial charge in [-0.2, -0.15) is 0 Å². The lowest BCUT2D eigenvalue weighted by Gasteiger charge is -2.21. The SMILES string of the molecule is CC(C(=O)OCCOCCOC(=O)C(C)N1C(=O)C=CC1=O)N1C(=O)C=CC1=O. The standard InChI is InChI=1S/C18H20N2O9/c1-11(19-13(21)3-4-14(19)22)17(25)28-9-7-27-8-10-29-18(26)12(2)20-15(23)5-6-16(20)24/h3-6,11-12H,7-10H2,1-2H3. The quantitative estimate of drug-likeness (QED) is 0.246. The highest BCUT2D eigenvalue weighted by Crippen LogP contribution is 2.11. The third kappa shape index (κ3) is 5.35. The lowest BCUT2D eigenvalue weighted by atomic mass is 10.3. The van der Waals surface area contributed by atoms with Crippen molar-refractivity contribution in [2.45, 2.75) is 25.9 Å². The van der Waals surface area contributed by atoms with Gasteiger partial charge in [-0.1, -0.05) is 0 Å². The molecule has 11 heteroatoms. The molecule has 0 bridgehead atoms. The average molecular weight is 408 g/mol. The Kier molecular flexibility index (Phi) is 7.37. The van der Waals surface area contributed by atoms with Gasteiger partial charge in [0.15, 0.2) is 0 Å².